The molecule has 1 aromatic carbocycles. The van der Waals surface area contributed by atoms with Crippen LogP contribution in [0.1, 0.15) is 66.9 Å². The molecule has 0 saturated carbocycles. The summed E-state index contributed by atoms with van der Waals surface area (Å²) in [7, 11) is 0. The quantitative estimate of drug-likeness (QED) is 0.312. The standard InChI is InChI=1S/C9H7F5.3C2H6/c1-3(2)4-5(10)7(12)9(14)8(13)6(4)11;3*1-2/h3H,1-2H3;3*1-2H3. The fourth-order valence-electron chi connectivity index (χ4n) is 1.13. The zero-order chi connectivity index (χ0) is 17.0. The molecule has 0 bridgehead atoms. The van der Waals surface area contributed by atoms with Crippen molar-refractivity contribution in [3.05, 3.63) is 34.6 Å². The van der Waals surface area contributed by atoms with Crippen LogP contribution in [0.2, 0.25) is 0 Å². The number of benzene rings is 1. The van der Waals surface area contributed by atoms with E-state index in [0.717, 1.165) is 0 Å². The average Bonchev–Trinajstić information content (AvgIpc) is 2.49. The molecule has 0 aromatic heterocycles. The first-order chi connectivity index (χ1) is 9.37. The third-order valence-corrected chi connectivity index (χ3v) is 1.82. The van der Waals surface area contributed by atoms with Gasteiger partial charge in [-0.2, -0.15) is 0 Å². The van der Waals surface area contributed by atoms with E-state index in [-0.39, 0.29) is 0 Å². The van der Waals surface area contributed by atoms with Gasteiger partial charge in [0.25, 0.3) is 0 Å². The molecule has 0 aliphatic heterocycles. The fourth-order valence-corrected chi connectivity index (χ4v) is 1.13. The van der Waals surface area contributed by atoms with E-state index in [1.165, 1.54) is 13.8 Å². The maximum Gasteiger partial charge on any atom is 0.200 e. The second-order valence-electron chi connectivity index (χ2n) is 3.14. The lowest BCUT2D eigenvalue weighted by Crippen LogP contribution is -2.08. The molecule has 120 valence electrons. The van der Waals surface area contributed by atoms with Crippen LogP contribution in [-0.2, 0) is 0 Å². The van der Waals surface area contributed by atoms with E-state index < -0.39 is 40.6 Å². The predicted octanol–water partition coefficient (Wildman–Crippen LogP) is 6.58. The first-order valence-electron chi connectivity index (χ1n) is 6.89. The van der Waals surface area contributed by atoms with Gasteiger partial charge in [0.05, 0.1) is 0 Å². The van der Waals surface area contributed by atoms with E-state index in [4.69, 9.17) is 0 Å². The lowest BCUT2D eigenvalue weighted by molar-refractivity contribution is 0.366. The number of halogens is 5. The van der Waals surface area contributed by atoms with Crippen molar-refractivity contribution in [3.8, 4) is 0 Å². The normalized spacial score (nSPS) is 8.70. The van der Waals surface area contributed by atoms with Gasteiger partial charge in [-0.25, -0.2) is 22.0 Å². The highest BCUT2D eigenvalue weighted by Crippen LogP contribution is 2.28. The van der Waals surface area contributed by atoms with Crippen LogP contribution in [0, 0.1) is 29.1 Å². The topological polar surface area (TPSA) is 0 Å². The molecule has 1 aromatic rings. The molecule has 0 radical (unpaired) electrons. The summed E-state index contributed by atoms with van der Waals surface area (Å²) in [5.74, 6) is -10.2. The van der Waals surface area contributed by atoms with Crippen molar-refractivity contribution in [2.45, 2.75) is 61.3 Å². The SMILES string of the molecule is CC.CC.CC.CC(C)c1c(F)c(F)c(F)c(F)c1F. The first kappa shape index (κ1) is 23.9. The number of hydrogen-bond acceptors (Lipinski definition) is 0. The molecule has 0 fully saturated rings. The molecule has 0 spiro atoms. The second kappa shape index (κ2) is 12.9. The lowest BCUT2D eigenvalue weighted by Gasteiger charge is -2.10. The summed E-state index contributed by atoms with van der Waals surface area (Å²) in [6.07, 6.45) is 0. The van der Waals surface area contributed by atoms with Gasteiger partial charge >= 0.3 is 0 Å². The summed E-state index contributed by atoms with van der Waals surface area (Å²) in [6.45, 7) is 14.7. The van der Waals surface area contributed by atoms with Crippen LogP contribution in [0.4, 0.5) is 22.0 Å². The summed E-state index contributed by atoms with van der Waals surface area (Å²) in [6, 6.07) is 0. The minimum atomic E-state index is -2.12. The third kappa shape index (κ3) is 5.88. The molecule has 0 unspecified atom stereocenters. The molecule has 1 rings (SSSR count). The van der Waals surface area contributed by atoms with Crippen LogP contribution in [-0.4, -0.2) is 0 Å². The van der Waals surface area contributed by atoms with E-state index in [0.29, 0.717) is 0 Å². The molecule has 0 heterocycles. The monoisotopic (exact) mass is 300 g/mol. The van der Waals surface area contributed by atoms with Crippen molar-refractivity contribution in [3.63, 3.8) is 0 Å². The highest BCUT2D eigenvalue weighted by atomic mass is 19.2. The van der Waals surface area contributed by atoms with E-state index in [9.17, 15) is 22.0 Å². The maximum atomic E-state index is 12.9. The van der Waals surface area contributed by atoms with Gasteiger partial charge in [-0.15, -0.1) is 0 Å². The molecular formula is C15H25F5. The van der Waals surface area contributed by atoms with Gasteiger partial charge in [0.2, 0.25) is 5.82 Å². The van der Waals surface area contributed by atoms with E-state index in [1.807, 2.05) is 41.5 Å². The predicted molar refractivity (Wildman–Crippen MR) is 74.4 cm³/mol. The largest absolute Gasteiger partial charge is 0.203 e. The Balaban J connectivity index is -0.000000425. The van der Waals surface area contributed by atoms with Crippen molar-refractivity contribution in [1.29, 1.82) is 0 Å². The van der Waals surface area contributed by atoms with Crippen LogP contribution in [0.5, 0.6) is 0 Å². The van der Waals surface area contributed by atoms with Crippen molar-refractivity contribution in [2.75, 3.05) is 0 Å². The highest BCUT2D eigenvalue weighted by Gasteiger charge is 2.26. The van der Waals surface area contributed by atoms with Gasteiger partial charge in [-0.3, -0.25) is 0 Å². The molecule has 0 nitrogen and oxygen atoms in total. The van der Waals surface area contributed by atoms with Crippen LogP contribution in [0.15, 0.2) is 0 Å². The highest BCUT2D eigenvalue weighted by molar-refractivity contribution is 5.26. The Kier molecular flexibility index (Phi) is 15.4. The van der Waals surface area contributed by atoms with E-state index in [2.05, 4.69) is 0 Å². The zero-order valence-electron chi connectivity index (χ0n) is 13.5. The van der Waals surface area contributed by atoms with Gasteiger partial charge in [0.15, 0.2) is 23.3 Å². The number of hydrogen-bond donors (Lipinski definition) is 0. The summed E-state index contributed by atoms with van der Waals surface area (Å²) in [5.41, 5.74) is -0.776. The Morgan fingerprint density at radius 1 is 0.500 bits per heavy atom. The number of rotatable bonds is 1. The summed E-state index contributed by atoms with van der Waals surface area (Å²) >= 11 is 0. The molecular weight excluding hydrogens is 275 g/mol. The molecule has 0 atom stereocenters. The lowest BCUT2D eigenvalue weighted by atomic mass is 10.0. The smallest absolute Gasteiger partial charge is 0.200 e. The summed E-state index contributed by atoms with van der Waals surface area (Å²) in [5, 5.41) is 0. The van der Waals surface area contributed by atoms with Crippen LogP contribution in [0.3, 0.4) is 0 Å². The Labute approximate surface area is 119 Å². The summed E-state index contributed by atoms with van der Waals surface area (Å²) < 4.78 is 63.6. The van der Waals surface area contributed by atoms with Gasteiger partial charge < -0.3 is 0 Å². The Morgan fingerprint density at radius 2 is 0.700 bits per heavy atom. The Bertz CT molecular complexity index is 344. The van der Waals surface area contributed by atoms with Gasteiger partial charge in [0.1, 0.15) is 0 Å². The first-order valence-corrected chi connectivity index (χ1v) is 6.89. The molecule has 0 aliphatic rings. The van der Waals surface area contributed by atoms with Crippen LogP contribution in [0.25, 0.3) is 0 Å². The molecule has 0 amide bonds. The minimum absolute atomic E-state index is 0.764. The van der Waals surface area contributed by atoms with Crippen molar-refractivity contribution in [2.24, 2.45) is 0 Å². The van der Waals surface area contributed by atoms with Crippen LogP contribution < -0.4 is 0 Å². The van der Waals surface area contributed by atoms with Crippen molar-refractivity contribution < 1.29 is 22.0 Å². The molecule has 0 aliphatic carbocycles. The molecule has 0 saturated heterocycles. The fraction of sp³-hybridized carbons (Fsp3) is 0.600. The van der Waals surface area contributed by atoms with Gasteiger partial charge in [0, 0.05) is 5.56 Å². The van der Waals surface area contributed by atoms with E-state index >= 15 is 0 Å². The van der Waals surface area contributed by atoms with E-state index in [1.54, 1.807) is 0 Å². The molecule has 5 heteroatoms. The van der Waals surface area contributed by atoms with Crippen molar-refractivity contribution in [1.82, 2.24) is 0 Å². The zero-order valence-corrected chi connectivity index (χ0v) is 13.5. The van der Waals surface area contributed by atoms with Crippen LogP contribution >= 0.6 is 0 Å². The molecule has 20 heavy (non-hydrogen) atoms. The maximum absolute atomic E-state index is 12.9. The second-order valence-corrected chi connectivity index (χ2v) is 3.14. The van der Waals surface area contributed by atoms with Gasteiger partial charge in [-0.05, 0) is 5.92 Å². The third-order valence-electron chi connectivity index (χ3n) is 1.82. The Hall–Kier alpha value is -1.13. The Morgan fingerprint density at radius 3 is 0.900 bits per heavy atom. The average molecular weight is 300 g/mol. The summed E-state index contributed by atoms with van der Waals surface area (Å²) in [4.78, 5) is 0. The van der Waals surface area contributed by atoms with Crippen molar-refractivity contribution >= 4 is 0 Å². The molecule has 0 N–H and O–H groups in total. The minimum Gasteiger partial charge on any atom is -0.203 e. The van der Waals surface area contributed by atoms with Gasteiger partial charge in [-0.1, -0.05) is 55.4 Å².